The van der Waals surface area contributed by atoms with Crippen molar-refractivity contribution in [3.63, 3.8) is 0 Å². The van der Waals surface area contributed by atoms with Gasteiger partial charge >= 0.3 is 0 Å². The molecule has 0 aliphatic heterocycles. The van der Waals surface area contributed by atoms with Crippen molar-refractivity contribution in [2.75, 3.05) is 32.7 Å². The third-order valence-electron chi connectivity index (χ3n) is 3.98. The number of nitrogens with one attached hydrogen (secondary N) is 2. The van der Waals surface area contributed by atoms with Gasteiger partial charge in [-0.25, -0.2) is 9.97 Å². The van der Waals surface area contributed by atoms with E-state index in [1.807, 2.05) is 48.5 Å². The Hall–Kier alpha value is -3.81. The van der Waals surface area contributed by atoms with E-state index in [1.165, 1.54) is 12.4 Å². The van der Waals surface area contributed by atoms with Crippen molar-refractivity contribution in [3.8, 4) is 17.2 Å². The summed E-state index contributed by atoms with van der Waals surface area (Å²) in [5.74, 6) is 2.24. The minimum Gasteiger partial charge on any atom is -0.497 e. The molecule has 0 spiro atoms. The number of amides is 1. The van der Waals surface area contributed by atoms with E-state index >= 15 is 0 Å². The van der Waals surface area contributed by atoms with Gasteiger partial charge in [0.1, 0.15) is 23.9 Å². The molecule has 0 aliphatic rings. The number of anilines is 2. The lowest BCUT2D eigenvalue weighted by Gasteiger charge is -2.10. The molecule has 3 rings (SSSR count). The number of rotatable bonds is 9. The SMILES string of the molecule is COc1ccc(OCCNC(=O)c2cnc(Nc3ccccc3OC)nc2)cc1. The molecule has 0 saturated carbocycles. The summed E-state index contributed by atoms with van der Waals surface area (Å²) in [6.45, 7) is 0.693. The zero-order chi connectivity index (χ0) is 20.5. The summed E-state index contributed by atoms with van der Waals surface area (Å²) in [5.41, 5.74) is 1.10. The van der Waals surface area contributed by atoms with Gasteiger partial charge in [0.15, 0.2) is 0 Å². The van der Waals surface area contributed by atoms with E-state index in [0.717, 1.165) is 11.4 Å². The normalized spacial score (nSPS) is 10.1. The molecule has 8 nitrogen and oxygen atoms in total. The Morgan fingerprint density at radius 1 is 0.931 bits per heavy atom. The number of carbonyl (C=O) groups excluding carboxylic acids is 1. The molecular weight excluding hydrogens is 372 g/mol. The first-order chi connectivity index (χ1) is 14.2. The molecule has 8 heteroatoms. The fourth-order valence-electron chi connectivity index (χ4n) is 2.49. The molecule has 3 aromatic rings. The number of hydrogen-bond acceptors (Lipinski definition) is 7. The van der Waals surface area contributed by atoms with E-state index in [2.05, 4.69) is 20.6 Å². The molecule has 0 aliphatic carbocycles. The van der Waals surface area contributed by atoms with Crippen LogP contribution in [0.1, 0.15) is 10.4 Å². The van der Waals surface area contributed by atoms with Gasteiger partial charge in [-0.1, -0.05) is 12.1 Å². The second kappa shape index (κ2) is 9.93. The van der Waals surface area contributed by atoms with E-state index in [9.17, 15) is 4.79 Å². The monoisotopic (exact) mass is 394 g/mol. The second-order valence-electron chi connectivity index (χ2n) is 5.90. The number of aromatic nitrogens is 2. The zero-order valence-electron chi connectivity index (χ0n) is 16.2. The van der Waals surface area contributed by atoms with Crippen molar-refractivity contribution in [1.29, 1.82) is 0 Å². The van der Waals surface area contributed by atoms with Gasteiger partial charge < -0.3 is 24.8 Å². The number of carbonyl (C=O) groups is 1. The fraction of sp³-hybridized carbons (Fsp3) is 0.190. The first-order valence-electron chi connectivity index (χ1n) is 8.96. The first-order valence-corrected chi connectivity index (χ1v) is 8.96. The highest BCUT2D eigenvalue weighted by Gasteiger charge is 2.08. The Morgan fingerprint density at radius 2 is 1.62 bits per heavy atom. The molecule has 0 unspecified atom stereocenters. The maximum Gasteiger partial charge on any atom is 0.254 e. The largest absolute Gasteiger partial charge is 0.497 e. The molecular formula is C21H22N4O4. The van der Waals surface area contributed by atoms with Crippen molar-refractivity contribution < 1.29 is 19.0 Å². The molecule has 0 saturated heterocycles. The third kappa shape index (κ3) is 5.58. The predicted molar refractivity (Wildman–Crippen MR) is 109 cm³/mol. The molecule has 29 heavy (non-hydrogen) atoms. The van der Waals surface area contributed by atoms with E-state index < -0.39 is 0 Å². The van der Waals surface area contributed by atoms with E-state index in [4.69, 9.17) is 14.2 Å². The number of nitrogens with zero attached hydrogens (tertiary/aromatic N) is 2. The summed E-state index contributed by atoms with van der Waals surface area (Å²) < 4.78 is 15.9. The van der Waals surface area contributed by atoms with Crippen LogP contribution in [0.3, 0.4) is 0 Å². The highest BCUT2D eigenvalue weighted by molar-refractivity contribution is 5.93. The number of benzene rings is 2. The highest BCUT2D eigenvalue weighted by Crippen LogP contribution is 2.25. The Bertz CT molecular complexity index is 930. The minimum absolute atomic E-state index is 0.271. The molecule has 1 amide bonds. The van der Waals surface area contributed by atoms with Crippen LogP contribution in [0.2, 0.25) is 0 Å². The standard InChI is InChI=1S/C21H22N4O4/c1-27-16-7-9-17(10-8-16)29-12-11-22-20(26)15-13-23-21(24-14-15)25-18-5-3-4-6-19(18)28-2/h3-10,13-14H,11-12H2,1-2H3,(H,22,26)(H,23,24,25). The summed E-state index contributed by atoms with van der Waals surface area (Å²) in [6, 6.07) is 14.7. The van der Waals surface area contributed by atoms with E-state index in [-0.39, 0.29) is 5.91 Å². The van der Waals surface area contributed by atoms with Crippen LogP contribution in [-0.4, -0.2) is 43.2 Å². The van der Waals surface area contributed by atoms with Crippen LogP contribution in [0.15, 0.2) is 60.9 Å². The molecule has 1 aromatic heterocycles. The summed E-state index contributed by atoms with van der Waals surface area (Å²) in [6.07, 6.45) is 2.93. The van der Waals surface area contributed by atoms with Gasteiger partial charge in [0.25, 0.3) is 5.91 Å². The van der Waals surface area contributed by atoms with Crippen LogP contribution in [0.5, 0.6) is 17.2 Å². The summed E-state index contributed by atoms with van der Waals surface area (Å²) in [7, 11) is 3.20. The minimum atomic E-state index is -0.271. The Kier molecular flexibility index (Phi) is 6.83. The lowest BCUT2D eigenvalue weighted by Crippen LogP contribution is -2.28. The van der Waals surface area contributed by atoms with Gasteiger partial charge in [-0.15, -0.1) is 0 Å². The van der Waals surface area contributed by atoms with Crippen LogP contribution in [0.4, 0.5) is 11.6 Å². The second-order valence-corrected chi connectivity index (χ2v) is 5.90. The van der Waals surface area contributed by atoms with Crippen molar-refractivity contribution in [1.82, 2.24) is 15.3 Å². The highest BCUT2D eigenvalue weighted by atomic mass is 16.5. The maximum absolute atomic E-state index is 12.2. The van der Waals surface area contributed by atoms with Crippen LogP contribution in [0.25, 0.3) is 0 Å². The van der Waals surface area contributed by atoms with Crippen molar-refractivity contribution in [2.45, 2.75) is 0 Å². The van der Waals surface area contributed by atoms with Crippen molar-refractivity contribution in [2.24, 2.45) is 0 Å². The lowest BCUT2D eigenvalue weighted by atomic mass is 10.3. The summed E-state index contributed by atoms with van der Waals surface area (Å²) in [4.78, 5) is 20.6. The average molecular weight is 394 g/mol. The van der Waals surface area contributed by atoms with Crippen molar-refractivity contribution in [3.05, 3.63) is 66.5 Å². The van der Waals surface area contributed by atoms with Crippen LogP contribution < -0.4 is 24.8 Å². The van der Waals surface area contributed by atoms with Crippen LogP contribution >= 0.6 is 0 Å². The van der Waals surface area contributed by atoms with E-state index in [0.29, 0.717) is 36.2 Å². The summed E-state index contributed by atoms with van der Waals surface area (Å²) >= 11 is 0. The van der Waals surface area contributed by atoms with Crippen LogP contribution in [0, 0.1) is 0 Å². The lowest BCUT2D eigenvalue weighted by molar-refractivity contribution is 0.0946. The van der Waals surface area contributed by atoms with Crippen molar-refractivity contribution >= 4 is 17.5 Å². The van der Waals surface area contributed by atoms with E-state index in [1.54, 1.807) is 14.2 Å². The maximum atomic E-state index is 12.2. The van der Waals surface area contributed by atoms with Gasteiger partial charge in [-0.3, -0.25) is 4.79 Å². The molecule has 1 heterocycles. The molecule has 150 valence electrons. The third-order valence-corrected chi connectivity index (χ3v) is 3.98. The van der Waals surface area contributed by atoms with Gasteiger partial charge in [0.2, 0.25) is 5.95 Å². The molecule has 0 radical (unpaired) electrons. The van der Waals surface area contributed by atoms with Crippen LogP contribution in [-0.2, 0) is 0 Å². The zero-order valence-corrected chi connectivity index (χ0v) is 16.2. The Labute approximate surface area is 168 Å². The predicted octanol–water partition coefficient (Wildman–Crippen LogP) is 3.05. The molecule has 0 bridgehead atoms. The topological polar surface area (TPSA) is 94.6 Å². The Balaban J connectivity index is 1.47. The molecule has 2 N–H and O–H groups in total. The van der Waals surface area contributed by atoms with Gasteiger partial charge in [-0.2, -0.15) is 0 Å². The number of hydrogen-bond donors (Lipinski definition) is 2. The number of para-hydroxylation sites is 2. The number of ether oxygens (including phenoxy) is 3. The summed E-state index contributed by atoms with van der Waals surface area (Å²) in [5, 5.41) is 5.83. The smallest absolute Gasteiger partial charge is 0.254 e. The molecule has 2 aromatic carbocycles. The Morgan fingerprint density at radius 3 is 2.31 bits per heavy atom. The first kappa shape index (κ1) is 19.9. The van der Waals surface area contributed by atoms with Gasteiger partial charge in [0.05, 0.1) is 32.0 Å². The molecule has 0 atom stereocenters. The fourth-order valence-corrected chi connectivity index (χ4v) is 2.49. The van der Waals surface area contributed by atoms with Gasteiger partial charge in [0, 0.05) is 12.4 Å². The number of methoxy groups -OCH3 is 2. The van der Waals surface area contributed by atoms with Gasteiger partial charge in [-0.05, 0) is 36.4 Å². The quantitative estimate of drug-likeness (QED) is 0.539. The molecule has 0 fully saturated rings. The average Bonchev–Trinajstić information content (AvgIpc) is 2.78.